The molecule has 8 nitrogen and oxygen atoms in total. The van der Waals surface area contributed by atoms with Crippen molar-refractivity contribution in [3.63, 3.8) is 0 Å². The summed E-state index contributed by atoms with van der Waals surface area (Å²) in [6, 6.07) is 2.21. The smallest absolute Gasteiger partial charge is 0.303 e. The zero-order valence-electron chi connectivity index (χ0n) is 10.4. The molecule has 2 rings (SSSR count). The van der Waals surface area contributed by atoms with E-state index >= 15 is 0 Å². The van der Waals surface area contributed by atoms with Crippen LogP contribution >= 0.6 is 0 Å². The summed E-state index contributed by atoms with van der Waals surface area (Å²) in [4.78, 5) is 22.5. The molecule has 1 aliphatic rings. The number of methoxy groups -OCH3 is 1. The summed E-state index contributed by atoms with van der Waals surface area (Å²) in [5.41, 5.74) is -0.296. The minimum Gasteiger partial charge on any atom is -0.494 e. The summed E-state index contributed by atoms with van der Waals surface area (Å²) < 4.78 is 5.09. The van der Waals surface area contributed by atoms with Gasteiger partial charge in [0, 0.05) is 13.1 Å². The van der Waals surface area contributed by atoms with E-state index in [1.54, 1.807) is 0 Å². The van der Waals surface area contributed by atoms with Crippen LogP contribution in [0.15, 0.2) is 12.1 Å². The van der Waals surface area contributed by atoms with Crippen LogP contribution in [0.1, 0.15) is 12.8 Å². The number of rotatable bonds is 4. The van der Waals surface area contributed by atoms with Crippen LogP contribution in [0.2, 0.25) is 0 Å². The largest absolute Gasteiger partial charge is 0.494 e. The fourth-order valence-electron chi connectivity index (χ4n) is 2.24. The van der Waals surface area contributed by atoms with Crippen molar-refractivity contribution in [2.24, 2.45) is 0 Å². The van der Waals surface area contributed by atoms with Crippen LogP contribution in [0.4, 0.5) is 17.1 Å². The van der Waals surface area contributed by atoms with Crippen LogP contribution in [-0.4, -0.2) is 30.0 Å². The van der Waals surface area contributed by atoms with Crippen LogP contribution in [0.5, 0.6) is 5.75 Å². The Bertz CT molecular complexity index is 525. The number of nitrogens with zero attached hydrogens (tertiary/aromatic N) is 3. The number of benzene rings is 1. The van der Waals surface area contributed by atoms with Crippen molar-refractivity contribution in [1.29, 1.82) is 0 Å². The molecule has 19 heavy (non-hydrogen) atoms. The highest BCUT2D eigenvalue weighted by Gasteiger charge is 2.30. The SMILES string of the molecule is COc1cc([N+](=O)[O-])cc([N+](=O)[O-])c1N1CCCC1. The molecule has 1 saturated heterocycles. The average Bonchev–Trinajstić information content (AvgIpc) is 2.90. The minimum atomic E-state index is -0.663. The molecule has 0 unspecified atom stereocenters. The van der Waals surface area contributed by atoms with E-state index < -0.39 is 9.85 Å². The van der Waals surface area contributed by atoms with E-state index in [2.05, 4.69) is 0 Å². The number of nitro groups is 2. The molecular formula is C11H13N3O5. The first-order valence-corrected chi connectivity index (χ1v) is 5.80. The standard InChI is InChI=1S/C11H13N3O5/c1-19-10-7-8(13(15)16)6-9(14(17)18)11(10)12-4-2-3-5-12/h6-7H,2-5H2,1H3. The number of hydrogen-bond acceptors (Lipinski definition) is 6. The first-order valence-electron chi connectivity index (χ1n) is 5.80. The molecule has 0 amide bonds. The van der Waals surface area contributed by atoms with Gasteiger partial charge in [0.15, 0.2) is 11.4 Å². The number of anilines is 1. The van der Waals surface area contributed by atoms with Gasteiger partial charge in [-0.3, -0.25) is 20.2 Å². The average molecular weight is 267 g/mol. The summed E-state index contributed by atoms with van der Waals surface area (Å²) in [7, 11) is 1.35. The van der Waals surface area contributed by atoms with Gasteiger partial charge >= 0.3 is 5.69 Å². The lowest BCUT2D eigenvalue weighted by Crippen LogP contribution is -2.20. The maximum absolute atomic E-state index is 11.1. The second-order valence-corrected chi connectivity index (χ2v) is 4.22. The summed E-state index contributed by atoms with van der Waals surface area (Å²) in [5.74, 6) is 0.169. The van der Waals surface area contributed by atoms with E-state index in [0.29, 0.717) is 18.8 Å². The lowest BCUT2D eigenvalue weighted by Gasteiger charge is -2.19. The minimum absolute atomic E-state index is 0.169. The second kappa shape index (κ2) is 5.09. The zero-order chi connectivity index (χ0) is 14.0. The summed E-state index contributed by atoms with van der Waals surface area (Å²) >= 11 is 0. The van der Waals surface area contributed by atoms with E-state index in [0.717, 1.165) is 18.9 Å². The Kier molecular flexibility index (Phi) is 3.50. The molecule has 1 aliphatic heterocycles. The summed E-state index contributed by atoms with van der Waals surface area (Å²) in [6.45, 7) is 1.38. The van der Waals surface area contributed by atoms with Gasteiger partial charge < -0.3 is 9.64 Å². The number of ether oxygens (including phenoxy) is 1. The first kappa shape index (κ1) is 13.1. The molecule has 1 aromatic rings. The van der Waals surface area contributed by atoms with Gasteiger partial charge in [-0.1, -0.05) is 0 Å². The van der Waals surface area contributed by atoms with E-state index in [4.69, 9.17) is 4.74 Å². The molecule has 0 aromatic heterocycles. The number of hydrogen-bond donors (Lipinski definition) is 0. The van der Waals surface area contributed by atoms with E-state index in [1.807, 2.05) is 4.90 Å². The van der Waals surface area contributed by atoms with Crippen molar-refractivity contribution in [2.75, 3.05) is 25.1 Å². The lowest BCUT2D eigenvalue weighted by molar-refractivity contribution is -0.393. The van der Waals surface area contributed by atoms with Gasteiger partial charge in [-0.2, -0.15) is 0 Å². The Hall–Kier alpha value is -2.38. The molecule has 0 bridgehead atoms. The highest BCUT2D eigenvalue weighted by atomic mass is 16.6. The van der Waals surface area contributed by atoms with E-state index in [9.17, 15) is 20.2 Å². The normalized spacial score (nSPS) is 14.5. The third kappa shape index (κ3) is 2.42. The lowest BCUT2D eigenvalue weighted by atomic mass is 10.2. The molecule has 8 heteroatoms. The molecule has 0 atom stereocenters. The van der Waals surface area contributed by atoms with Gasteiger partial charge in [0.1, 0.15) is 0 Å². The van der Waals surface area contributed by atoms with Gasteiger partial charge in [0.25, 0.3) is 5.69 Å². The van der Waals surface area contributed by atoms with Crippen molar-refractivity contribution in [1.82, 2.24) is 0 Å². The van der Waals surface area contributed by atoms with Gasteiger partial charge in [0.05, 0.1) is 29.1 Å². The van der Waals surface area contributed by atoms with Gasteiger partial charge in [-0.15, -0.1) is 0 Å². The van der Waals surface area contributed by atoms with Crippen molar-refractivity contribution in [3.8, 4) is 5.75 Å². The second-order valence-electron chi connectivity index (χ2n) is 4.22. The zero-order valence-corrected chi connectivity index (χ0v) is 10.4. The van der Waals surface area contributed by atoms with Crippen LogP contribution in [0.3, 0.4) is 0 Å². The van der Waals surface area contributed by atoms with Crippen molar-refractivity contribution >= 4 is 17.1 Å². The van der Waals surface area contributed by atoms with Crippen molar-refractivity contribution < 1.29 is 14.6 Å². The maximum Gasteiger partial charge on any atom is 0.303 e. The molecular weight excluding hydrogens is 254 g/mol. The molecule has 0 radical (unpaired) electrons. The monoisotopic (exact) mass is 267 g/mol. The molecule has 1 fully saturated rings. The highest BCUT2D eigenvalue weighted by molar-refractivity contribution is 5.75. The molecule has 0 aliphatic carbocycles. The summed E-state index contributed by atoms with van der Waals surface area (Å²) in [6.07, 6.45) is 1.88. The predicted octanol–water partition coefficient (Wildman–Crippen LogP) is 2.11. The molecule has 0 spiro atoms. The van der Waals surface area contributed by atoms with Gasteiger partial charge in [-0.25, -0.2) is 0 Å². The van der Waals surface area contributed by atoms with Crippen molar-refractivity contribution in [3.05, 3.63) is 32.4 Å². The number of non-ortho nitro benzene ring substituents is 1. The molecule has 102 valence electrons. The van der Waals surface area contributed by atoms with E-state index in [-0.39, 0.29) is 17.1 Å². The fraction of sp³-hybridized carbons (Fsp3) is 0.455. The molecule has 0 saturated carbocycles. The Labute approximate surface area is 108 Å². The molecule has 1 heterocycles. The Morgan fingerprint density at radius 1 is 1.16 bits per heavy atom. The third-order valence-corrected chi connectivity index (χ3v) is 3.09. The van der Waals surface area contributed by atoms with Gasteiger partial charge in [-0.05, 0) is 12.8 Å². The van der Waals surface area contributed by atoms with Crippen LogP contribution in [0.25, 0.3) is 0 Å². The molecule has 1 aromatic carbocycles. The quantitative estimate of drug-likeness (QED) is 0.612. The number of nitro benzene ring substituents is 2. The summed E-state index contributed by atoms with van der Waals surface area (Å²) in [5, 5.41) is 21.9. The van der Waals surface area contributed by atoms with Gasteiger partial charge in [0.2, 0.25) is 0 Å². The third-order valence-electron chi connectivity index (χ3n) is 3.09. The van der Waals surface area contributed by atoms with Crippen molar-refractivity contribution in [2.45, 2.75) is 12.8 Å². The predicted molar refractivity (Wildman–Crippen MR) is 67.7 cm³/mol. The Morgan fingerprint density at radius 2 is 1.79 bits per heavy atom. The Morgan fingerprint density at radius 3 is 2.26 bits per heavy atom. The Balaban J connectivity index is 2.60. The van der Waals surface area contributed by atoms with Crippen LogP contribution < -0.4 is 9.64 Å². The highest BCUT2D eigenvalue weighted by Crippen LogP contribution is 2.42. The van der Waals surface area contributed by atoms with E-state index in [1.165, 1.54) is 13.2 Å². The first-order chi connectivity index (χ1) is 9.04. The topological polar surface area (TPSA) is 98.8 Å². The van der Waals surface area contributed by atoms with Crippen LogP contribution in [0, 0.1) is 20.2 Å². The fourth-order valence-corrected chi connectivity index (χ4v) is 2.24. The molecule has 0 N–H and O–H groups in total. The maximum atomic E-state index is 11.1. The van der Waals surface area contributed by atoms with Crippen LogP contribution in [-0.2, 0) is 0 Å².